The molecule has 3 N–H and O–H groups in total. The fraction of sp³-hybridized carbons (Fsp3) is 0.429. The van der Waals surface area contributed by atoms with E-state index >= 15 is 0 Å². The molecule has 1 amide bonds. The van der Waals surface area contributed by atoms with Gasteiger partial charge in [-0.25, -0.2) is 4.79 Å². The Balaban J connectivity index is 2.27. The predicted molar refractivity (Wildman–Crippen MR) is 79.9 cm³/mol. The number of benzene rings is 1. The molecule has 108 valence electrons. The Morgan fingerprint density at radius 2 is 2.25 bits per heavy atom. The molecular formula is C14H17BrN2O3. The van der Waals surface area contributed by atoms with Crippen LogP contribution in [0.1, 0.15) is 30.1 Å². The average Bonchev–Trinajstić information content (AvgIpc) is 2.88. The number of hydrogen-bond acceptors (Lipinski definition) is 3. The van der Waals surface area contributed by atoms with Gasteiger partial charge in [-0.3, -0.25) is 4.79 Å². The van der Waals surface area contributed by atoms with Crippen LogP contribution in [0.3, 0.4) is 0 Å². The minimum atomic E-state index is -1.05. The Kier molecular flexibility index (Phi) is 4.45. The largest absolute Gasteiger partial charge is 0.478 e. The van der Waals surface area contributed by atoms with E-state index in [-0.39, 0.29) is 11.5 Å². The molecule has 1 atom stereocenters. The number of anilines is 1. The first-order valence-corrected chi connectivity index (χ1v) is 7.33. The highest BCUT2D eigenvalue weighted by Gasteiger charge is 2.39. The smallest absolute Gasteiger partial charge is 0.337 e. The van der Waals surface area contributed by atoms with E-state index in [1.165, 1.54) is 6.07 Å². The highest BCUT2D eigenvalue weighted by atomic mass is 79.9. The molecule has 1 unspecified atom stereocenters. The predicted octanol–water partition coefficient (Wildman–Crippen LogP) is 2.48. The van der Waals surface area contributed by atoms with E-state index in [4.69, 9.17) is 0 Å². The zero-order valence-electron chi connectivity index (χ0n) is 11.2. The quantitative estimate of drug-likeness (QED) is 0.786. The normalized spacial score (nSPS) is 21.7. The lowest BCUT2D eigenvalue weighted by Crippen LogP contribution is -2.37. The number of halogens is 1. The molecule has 0 radical (unpaired) electrons. The summed E-state index contributed by atoms with van der Waals surface area (Å²) in [6.45, 7) is 3.42. The van der Waals surface area contributed by atoms with Crippen molar-refractivity contribution in [2.75, 3.05) is 18.4 Å². The Bertz CT molecular complexity index is 539. The van der Waals surface area contributed by atoms with Crippen molar-refractivity contribution in [3.8, 4) is 0 Å². The first-order chi connectivity index (χ1) is 9.48. The van der Waals surface area contributed by atoms with Gasteiger partial charge in [0.2, 0.25) is 5.91 Å². The average molecular weight is 341 g/mol. The summed E-state index contributed by atoms with van der Waals surface area (Å²) >= 11 is 3.29. The van der Waals surface area contributed by atoms with E-state index in [0.29, 0.717) is 12.2 Å². The second-order valence-corrected chi connectivity index (χ2v) is 5.93. The van der Waals surface area contributed by atoms with Crippen LogP contribution in [-0.4, -0.2) is 30.1 Å². The number of carbonyl (C=O) groups is 2. The lowest BCUT2D eigenvalue weighted by Gasteiger charge is -2.25. The van der Waals surface area contributed by atoms with Gasteiger partial charge in [-0.1, -0.05) is 22.9 Å². The van der Waals surface area contributed by atoms with E-state index < -0.39 is 11.4 Å². The molecule has 1 fully saturated rings. The van der Waals surface area contributed by atoms with Crippen molar-refractivity contribution in [1.82, 2.24) is 5.32 Å². The number of nitrogens with one attached hydrogen (secondary N) is 2. The molecule has 6 heteroatoms. The van der Waals surface area contributed by atoms with Gasteiger partial charge in [0, 0.05) is 11.0 Å². The van der Waals surface area contributed by atoms with Crippen molar-refractivity contribution in [3.63, 3.8) is 0 Å². The summed E-state index contributed by atoms with van der Waals surface area (Å²) in [4.78, 5) is 23.7. The third kappa shape index (κ3) is 2.86. The zero-order chi connectivity index (χ0) is 14.8. The van der Waals surface area contributed by atoms with Crippen LogP contribution < -0.4 is 10.6 Å². The lowest BCUT2D eigenvalue weighted by atomic mass is 9.83. The third-order valence-corrected chi connectivity index (χ3v) is 4.36. The minimum Gasteiger partial charge on any atom is -0.478 e. The van der Waals surface area contributed by atoms with Crippen molar-refractivity contribution in [2.45, 2.75) is 19.8 Å². The van der Waals surface area contributed by atoms with Crippen molar-refractivity contribution in [2.24, 2.45) is 5.41 Å². The van der Waals surface area contributed by atoms with Crippen LogP contribution >= 0.6 is 15.9 Å². The van der Waals surface area contributed by atoms with Gasteiger partial charge in [-0.2, -0.15) is 0 Å². The fourth-order valence-electron chi connectivity index (χ4n) is 2.46. The minimum absolute atomic E-state index is 0.0961. The Morgan fingerprint density at radius 1 is 1.50 bits per heavy atom. The molecule has 0 bridgehead atoms. The number of carboxylic acid groups (broad SMARTS) is 1. The molecule has 1 aromatic carbocycles. The zero-order valence-corrected chi connectivity index (χ0v) is 12.8. The van der Waals surface area contributed by atoms with Crippen LogP contribution in [-0.2, 0) is 4.79 Å². The third-order valence-electron chi connectivity index (χ3n) is 3.86. The number of amides is 1. The van der Waals surface area contributed by atoms with Gasteiger partial charge >= 0.3 is 5.97 Å². The van der Waals surface area contributed by atoms with E-state index in [1.54, 1.807) is 12.1 Å². The maximum atomic E-state index is 12.5. The maximum absolute atomic E-state index is 12.5. The van der Waals surface area contributed by atoms with Crippen molar-refractivity contribution < 1.29 is 14.7 Å². The van der Waals surface area contributed by atoms with Gasteiger partial charge in [0.05, 0.1) is 16.7 Å². The highest BCUT2D eigenvalue weighted by Crippen LogP contribution is 2.32. The molecule has 0 aromatic heterocycles. The Hall–Kier alpha value is -1.40. The standard InChI is InChI=1S/C14H17BrN2O3/c1-2-14(5-6-16-8-14)13(20)17-11-7-9(15)3-4-10(11)12(18)19/h3-4,7,16H,2,5-6,8H2,1H3,(H,17,20)(H,18,19). The van der Waals surface area contributed by atoms with Crippen LogP contribution in [0.4, 0.5) is 5.69 Å². The fourth-order valence-corrected chi connectivity index (χ4v) is 2.82. The Labute approximate surface area is 125 Å². The number of rotatable bonds is 4. The summed E-state index contributed by atoms with van der Waals surface area (Å²) in [7, 11) is 0. The summed E-state index contributed by atoms with van der Waals surface area (Å²) in [5, 5.41) is 15.1. The van der Waals surface area contributed by atoms with Gasteiger partial charge in [0.25, 0.3) is 0 Å². The Morgan fingerprint density at radius 3 is 2.80 bits per heavy atom. The molecule has 1 saturated heterocycles. The number of carboxylic acids is 1. The first-order valence-electron chi connectivity index (χ1n) is 6.53. The van der Waals surface area contributed by atoms with Gasteiger partial charge in [-0.05, 0) is 37.6 Å². The number of carbonyl (C=O) groups excluding carboxylic acids is 1. The van der Waals surface area contributed by atoms with Gasteiger partial charge in [0.15, 0.2) is 0 Å². The summed E-state index contributed by atoms with van der Waals surface area (Å²) in [6.07, 6.45) is 1.49. The van der Waals surface area contributed by atoms with Crippen LogP contribution in [0, 0.1) is 5.41 Å². The molecule has 1 aromatic rings. The highest BCUT2D eigenvalue weighted by molar-refractivity contribution is 9.10. The molecule has 0 spiro atoms. The number of hydrogen-bond donors (Lipinski definition) is 3. The van der Waals surface area contributed by atoms with E-state index in [1.807, 2.05) is 6.92 Å². The van der Waals surface area contributed by atoms with Crippen LogP contribution in [0.25, 0.3) is 0 Å². The lowest BCUT2D eigenvalue weighted by molar-refractivity contribution is -0.124. The van der Waals surface area contributed by atoms with Crippen LogP contribution in [0.2, 0.25) is 0 Å². The molecule has 2 rings (SSSR count). The molecule has 20 heavy (non-hydrogen) atoms. The molecular weight excluding hydrogens is 324 g/mol. The van der Waals surface area contributed by atoms with Crippen LogP contribution in [0.5, 0.6) is 0 Å². The van der Waals surface area contributed by atoms with Crippen molar-refractivity contribution in [1.29, 1.82) is 0 Å². The van der Waals surface area contributed by atoms with Gasteiger partial charge in [0.1, 0.15) is 0 Å². The van der Waals surface area contributed by atoms with Gasteiger partial charge < -0.3 is 15.7 Å². The summed E-state index contributed by atoms with van der Waals surface area (Å²) in [5.74, 6) is -1.17. The number of aromatic carboxylic acids is 1. The topological polar surface area (TPSA) is 78.4 Å². The summed E-state index contributed by atoms with van der Waals surface area (Å²) in [5.41, 5.74) is -0.0201. The van der Waals surface area contributed by atoms with Crippen LogP contribution in [0.15, 0.2) is 22.7 Å². The second kappa shape index (κ2) is 5.93. The summed E-state index contributed by atoms with van der Waals surface area (Å²) < 4.78 is 0.730. The second-order valence-electron chi connectivity index (χ2n) is 5.01. The van der Waals surface area contributed by atoms with E-state index in [2.05, 4.69) is 26.6 Å². The molecule has 1 aliphatic rings. The molecule has 5 nitrogen and oxygen atoms in total. The summed E-state index contributed by atoms with van der Waals surface area (Å²) in [6, 6.07) is 4.74. The van der Waals surface area contributed by atoms with E-state index in [0.717, 1.165) is 23.9 Å². The van der Waals surface area contributed by atoms with Crippen molar-refractivity contribution in [3.05, 3.63) is 28.2 Å². The molecule has 0 saturated carbocycles. The van der Waals surface area contributed by atoms with Crippen molar-refractivity contribution >= 4 is 33.5 Å². The van der Waals surface area contributed by atoms with Gasteiger partial charge in [-0.15, -0.1) is 0 Å². The first kappa shape index (κ1) is 15.0. The maximum Gasteiger partial charge on any atom is 0.337 e. The monoisotopic (exact) mass is 340 g/mol. The molecule has 1 heterocycles. The SMILES string of the molecule is CCC1(C(=O)Nc2cc(Br)ccc2C(=O)O)CCNC1. The molecule has 1 aliphatic heterocycles. The molecule has 0 aliphatic carbocycles. The van der Waals surface area contributed by atoms with E-state index in [9.17, 15) is 14.7 Å².